The molecule has 166 valence electrons. The number of hydrogen-bond acceptors (Lipinski definition) is 3. The summed E-state index contributed by atoms with van der Waals surface area (Å²) < 4.78 is 6.05. The van der Waals surface area contributed by atoms with Gasteiger partial charge in [0.05, 0.1) is 16.7 Å². The fourth-order valence-electron chi connectivity index (χ4n) is 3.24. The summed E-state index contributed by atoms with van der Waals surface area (Å²) in [7, 11) is 2.19. The number of nitrogens with zero attached hydrogens (tertiary/aromatic N) is 2. The molecule has 1 heterocycles. The number of unbranched alkanes of at least 4 members (excludes halogenated alkanes) is 1. The van der Waals surface area contributed by atoms with Crippen molar-refractivity contribution in [2.45, 2.75) is 12.8 Å². The summed E-state index contributed by atoms with van der Waals surface area (Å²) in [5, 5.41) is 1.13. The smallest absolute Gasteiger partial charge is 0.126 e. The van der Waals surface area contributed by atoms with Crippen LogP contribution in [-0.2, 0) is 0 Å². The second-order valence-electron chi connectivity index (χ2n) is 7.25. The highest BCUT2D eigenvalue weighted by atomic mass is 35.5. The Morgan fingerprint density at radius 2 is 1.63 bits per heavy atom. The van der Waals surface area contributed by atoms with Gasteiger partial charge in [0.2, 0.25) is 0 Å². The summed E-state index contributed by atoms with van der Waals surface area (Å²) in [5.74, 6) is 0.915. The van der Waals surface area contributed by atoms with Crippen molar-refractivity contribution < 1.29 is 4.74 Å². The molecule has 2 aromatic carbocycles. The van der Waals surface area contributed by atoms with Gasteiger partial charge in [-0.15, -0.1) is 24.8 Å². The van der Waals surface area contributed by atoms with Crippen LogP contribution in [0, 0.1) is 0 Å². The zero-order chi connectivity index (χ0) is 19.8. The second-order valence-corrected chi connectivity index (χ2v) is 8.06. The molecule has 1 aliphatic heterocycles. The second kappa shape index (κ2) is 14.2. The SMILES string of the molecule is CN1CCN(CCCCOc2ccccc2/C=C/c2ccc(Cl)c(Cl)c2)CC1.Cl.Cl. The molecule has 3 nitrogen and oxygen atoms in total. The number of rotatable bonds is 8. The summed E-state index contributed by atoms with van der Waals surface area (Å²) in [6.45, 7) is 6.62. The van der Waals surface area contributed by atoms with Crippen molar-refractivity contribution in [3.63, 3.8) is 0 Å². The van der Waals surface area contributed by atoms with Gasteiger partial charge in [0.25, 0.3) is 0 Å². The normalized spacial score (nSPS) is 14.9. The standard InChI is InChI=1S/C23H28Cl2N2O.2ClH/c1-26-13-15-27(16-14-26)12-4-5-17-28-23-7-3-2-6-20(23)10-8-19-9-11-21(24)22(25)18-19;;/h2-3,6-11,18H,4-5,12-17H2,1H3;2*1H/b10-8+;;. The van der Waals surface area contributed by atoms with Gasteiger partial charge >= 0.3 is 0 Å². The Labute approximate surface area is 202 Å². The Hall–Kier alpha value is -0.940. The van der Waals surface area contributed by atoms with E-state index in [0.717, 1.165) is 36.4 Å². The molecule has 0 atom stereocenters. The van der Waals surface area contributed by atoms with E-state index in [1.165, 1.54) is 32.6 Å². The van der Waals surface area contributed by atoms with Gasteiger partial charge in [-0.25, -0.2) is 0 Å². The van der Waals surface area contributed by atoms with Crippen LogP contribution in [-0.4, -0.2) is 56.2 Å². The summed E-state index contributed by atoms with van der Waals surface area (Å²) in [5.41, 5.74) is 2.07. The Bertz CT molecular complexity index is 793. The van der Waals surface area contributed by atoms with Crippen molar-refractivity contribution in [2.75, 3.05) is 46.4 Å². The first-order valence-electron chi connectivity index (χ1n) is 9.88. The molecule has 0 bridgehead atoms. The van der Waals surface area contributed by atoms with E-state index in [4.69, 9.17) is 27.9 Å². The third kappa shape index (κ3) is 8.66. The van der Waals surface area contributed by atoms with Crippen LogP contribution in [0.2, 0.25) is 10.0 Å². The summed E-state index contributed by atoms with van der Waals surface area (Å²) in [6.07, 6.45) is 6.32. The topological polar surface area (TPSA) is 15.7 Å². The monoisotopic (exact) mass is 490 g/mol. The molecule has 0 radical (unpaired) electrons. The lowest BCUT2D eigenvalue weighted by Crippen LogP contribution is -2.44. The van der Waals surface area contributed by atoms with E-state index in [2.05, 4.69) is 29.0 Å². The lowest BCUT2D eigenvalue weighted by atomic mass is 10.1. The minimum absolute atomic E-state index is 0. The largest absolute Gasteiger partial charge is 0.493 e. The number of para-hydroxylation sites is 1. The van der Waals surface area contributed by atoms with Crippen LogP contribution >= 0.6 is 48.0 Å². The fourth-order valence-corrected chi connectivity index (χ4v) is 3.55. The Balaban J connectivity index is 0.00000225. The molecule has 2 aromatic rings. The molecule has 1 aliphatic rings. The lowest BCUT2D eigenvalue weighted by molar-refractivity contribution is 0.150. The van der Waals surface area contributed by atoms with Crippen LogP contribution in [0.1, 0.15) is 24.0 Å². The molecule has 0 unspecified atom stereocenters. The number of ether oxygens (including phenoxy) is 1. The number of piperazine rings is 1. The first-order chi connectivity index (χ1) is 13.6. The molecule has 1 saturated heterocycles. The van der Waals surface area contributed by atoms with Crippen molar-refractivity contribution in [3.05, 3.63) is 63.6 Å². The molecule has 1 fully saturated rings. The minimum atomic E-state index is 0. The van der Waals surface area contributed by atoms with Gasteiger partial charge in [-0.2, -0.15) is 0 Å². The highest BCUT2D eigenvalue weighted by Gasteiger charge is 2.12. The van der Waals surface area contributed by atoms with Gasteiger partial charge in [-0.05, 0) is 50.2 Å². The number of benzene rings is 2. The first-order valence-corrected chi connectivity index (χ1v) is 10.6. The van der Waals surface area contributed by atoms with Crippen LogP contribution < -0.4 is 4.74 Å². The Kier molecular flexibility index (Phi) is 12.8. The molecule has 7 heteroatoms. The van der Waals surface area contributed by atoms with Gasteiger partial charge < -0.3 is 14.5 Å². The maximum atomic E-state index is 6.09. The molecular weight excluding hydrogens is 462 g/mol. The summed E-state index contributed by atoms with van der Waals surface area (Å²) >= 11 is 12.1. The fraction of sp³-hybridized carbons (Fsp3) is 0.391. The van der Waals surface area contributed by atoms with E-state index in [0.29, 0.717) is 10.0 Å². The molecule has 3 rings (SSSR count). The zero-order valence-corrected chi connectivity index (χ0v) is 20.4. The summed E-state index contributed by atoms with van der Waals surface area (Å²) in [4.78, 5) is 4.94. The minimum Gasteiger partial charge on any atom is -0.493 e. The van der Waals surface area contributed by atoms with Gasteiger partial charge in [0.15, 0.2) is 0 Å². The predicted octanol–water partition coefficient (Wildman–Crippen LogP) is 6.41. The highest BCUT2D eigenvalue weighted by Crippen LogP contribution is 2.25. The molecule has 0 N–H and O–H groups in total. The van der Waals surface area contributed by atoms with Crippen LogP contribution in [0.3, 0.4) is 0 Å². The predicted molar refractivity (Wildman–Crippen MR) is 135 cm³/mol. The number of halogens is 4. The van der Waals surface area contributed by atoms with Crippen molar-refractivity contribution >= 4 is 60.2 Å². The van der Waals surface area contributed by atoms with Crippen molar-refractivity contribution in [1.29, 1.82) is 0 Å². The van der Waals surface area contributed by atoms with Crippen molar-refractivity contribution in [2.24, 2.45) is 0 Å². The van der Waals surface area contributed by atoms with E-state index < -0.39 is 0 Å². The average Bonchev–Trinajstić information content (AvgIpc) is 2.71. The maximum Gasteiger partial charge on any atom is 0.126 e. The van der Waals surface area contributed by atoms with Gasteiger partial charge in [-0.1, -0.05) is 59.6 Å². The lowest BCUT2D eigenvalue weighted by Gasteiger charge is -2.32. The molecule has 0 spiro atoms. The van der Waals surface area contributed by atoms with Crippen molar-refractivity contribution in [3.8, 4) is 5.75 Å². The van der Waals surface area contributed by atoms with Gasteiger partial charge in [-0.3, -0.25) is 0 Å². The molecular formula is C23H30Cl4N2O. The molecule has 0 aromatic heterocycles. The first kappa shape index (κ1) is 27.1. The average molecular weight is 492 g/mol. The van der Waals surface area contributed by atoms with E-state index in [9.17, 15) is 0 Å². The van der Waals surface area contributed by atoms with E-state index in [1.807, 2.05) is 42.5 Å². The van der Waals surface area contributed by atoms with Gasteiger partial charge in [0, 0.05) is 31.7 Å². The van der Waals surface area contributed by atoms with Crippen LogP contribution in [0.25, 0.3) is 12.2 Å². The van der Waals surface area contributed by atoms with Crippen LogP contribution in [0.5, 0.6) is 5.75 Å². The Morgan fingerprint density at radius 1 is 0.900 bits per heavy atom. The third-order valence-corrected chi connectivity index (χ3v) is 5.78. The van der Waals surface area contributed by atoms with E-state index >= 15 is 0 Å². The highest BCUT2D eigenvalue weighted by molar-refractivity contribution is 6.42. The van der Waals surface area contributed by atoms with Crippen molar-refractivity contribution in [1.82, 2.24) is 9.80 Å². The molecule has 0 saturated carbocycles. The number of hydrogen-bond donors (Lipinski definition) is 0. The van der Waals surface area contributed by atoms with E-state index in [-0.39, 0.29) is 24.8 Å². The van der Waals surface area contributed by atoms with Crippen LogP contribution in [0.15, 0.2) is 42.5 Å². The van der Waals surface area contributed by atoms with E-state index in [1.54, 1.807) is 0 Å². The third-order valence-electron chi connectivity index (χ3n) is 5.04. The molecule has 0 aliphatic carbocycles. The van der Waals surface area contributed by atoms with Crippen LogP contribution in [0.4, 0.5) is 0 Å². The zero-order valence-electron chi connectivity index (χ0n) is 17.2. The summed E-state index contributed by atoms with van der Waals surface area (Å²) in [6, 6.07) is 13.7. The number of likely N-dealkylation sites (N-methyl/N-ethyl adjacent to an activating group) is 1. The quantitative estimate of drug-likeness (QED) is 0.313. The Morgan fingerprint density at radius 3 is 2.37 bits per heavy atom. The maximum absolute atomic E-state index is 6.09. The molecule has 30 heavy (non-hydrogen) atoms. The molecule has 0 amide bonds. The van der Waals surface area contributed by atoms with Gasteiger partial charge in [0.1, 0.15) is 5.75 Å².